The lowest BCUT2D eigenvalue weighted by atomic mass is 10.1. The van der Waals surface area contributed by atoms with Gasteiger partial charge in [0.2, 0.25) is 0 Å². The zero-order valence-corrected chi connectivity index (χ0v) is 28.8. The van der Waals surface area contributed by atoms with Gasteiger partial charge in [-0.15, -0.1) is 0 Å². The summed E-state index contributed by atoms with van der Waals surface area (Å²) in [6, 6.07) is 65.8. The summed E-state index contributed by atoms with van der Waals surface area (Å²) in [5, 5.41) is 10.7. The molecule has 8 aromatic carbocycles. The summed E-state index contributed by atoms with van der Waals surface area (Å²) in [7, 11) is -3.00. The molecule has 0 radical (unpaired) electrons. The lowest BCUT2D eigenvalue weighted by molar-refractivity contribution is 0.487. The number of aromatic nitrogens is 1. The third kappa shape index (κ3) is 4.21. The SMILES string of the molecule is Clc1ccc2c(c1)Oc1ccccc1[Si]2(c1ccc(-c2ccccc2)cc1)c1ccc(-n2c3ccccc3c3ccccc32)c2ccccc12. The molecule has 0 saturated carbocycles. The first kappa shape index (κ1) is 29.1. The number of fused-ring (bicyclic) bond motifs is 6. The molecular weight excluding hydrogens is 646 g/mol. The van der Waals surface area contributed by atoms with Gasteiger partial charge in [0.15, 0.2) is 8.07 Å². The van der Waals surface area contributed by atoms with Gasteiger partial charge in [-0.3, -0.25) is 0 Å². The molecule has 9 aromatic rings. The number of nitrogens with zero attached hydrogens (tertiary/aromatic N) is 1. The van der Waals surface area contributed by atoms with Crippen LogP contribution in [0.5, 0.6) is 11.5 Å². The van der Waals surface area contributed by atoms with Crippen LogP contribution in [0, 0.1) is 0 Å². The zero-order chi connectivity index (χ0) is 33.2. The first-order chi connectivity index (χ1) is 24.7. The van der Waals surface area contributed by atoms with Gasteiger partial charge in [-0.05, 0) is 73.7 Å². The second kappa shape index (κ2) is 11.3. The summed E-state index contributed by atoms with van der Waals surface area (Å²) >= 11 is 6.68. The molecule has 1 atom stereocenters. The van der Waals surface area contributed by atoms with Crippen molar-refractivity contribution in [3.05, 3.63) is 187 Å². The van der Waals surface area contributed by atoms with E-state index in [0.717, 1.165) is 11.5 Å². The molecule has 2 heterocycles. The van der Waals surface area contributed by atoms with Crippen LogP contribution in [0.25, 0.3) is 49.4 Å². The highest BCUT2D eigenvalue weighted by Gasteiger charge is 2.49. The van der Waals surface area contributed by atoms with Crippen LogP contribution in [0.1, 0.15) is 0 Å². The van der Waals surface area contributed by atoms with Gasteiger partial charge in [-0.25, -0.2) is 0 Å². The average Bonchev–Trinajstić information content (AvgIpc) is 3.51. The average molecular weight is 676 g/mol. The van der Waals surface area contributed by atoms with E-state index in [4.69, 9.17) is 16.3 Å². The van der Waals surface area contributed by atoms with Crippen LogP contribution in [-0.2, 0) is 0 Å². The van der Waals surface area contributed by atoms with Crippen molar-refractivity contribution < 1.29 is 4.74 Å². The van der Waals surface area contributed by atoms with Crippen LogP contribution < -0.4 is 25.5 Å². The predicted octanol–water partition coefficient (Wildman–Crippen LogP) is 9.74. The van der Waals surface area contributed by atoms with E-state index in [2.05, 4.69) is 174 Å². The first-order valence-corrected chi connectivity index (χ1v) is 19.3. The topological polar surface area (TPSA) is 14.2 Å². The van der Waals surface area contributed by atoms with Gasteiger partial charge in [-0.2, -0.15) is 0 Å². The number of halogens is 1. The fourth-order valence-corrected chi connectivity index (χ4v) is 13.6. The minimum atomic E-state index is -3.00. The normalized spacial score (nSPS) is 15.1. The predicted molar refractivity (Wildman–Crippen MR) is 212 cm³/mol. The maximum Gasteiger partial charge on any atom is 0.188 e. The minimum absolute atomic E-state index is 0.664. The second-order valence-corrected chi connectivity index (χ2v) is 17.1. The second-order valence-electron chi connectivity index (χ2n) is 13.0. The van der Waals surface area contributed by atoms with E-state index in [0.29, 0.717) is 5.02 Å². The molecular formula is C46H30ClNOSi. The van der Waals surface area contributed by atoms with E-state index >= 15 is 0 Å². The van der Waals surface area contributed by atoms with Crippen LogP contribution in [0.3, 0.4) is 0 Å². The van der Waals surface area contributed by atoms with Gasteiger partial charge < -0.3 is 9.30 Å². The molecule has 10 rings (SSSR count). The van der Waals surface area contributed by atoms with Gasteiger partial charge in [0.1, 0.15) is 11.5 Å². The smallest absolute Gasteiger partial charge is 0.188 e. The van der Waals surface area contributed by atoms with Gasteiger partial charge in [0, 0.05) is 21.2 Å². The molecule has 1 aliphatic rings. The maximum absolute atomic E-state index is 6.69. The van der Waals surface area contributed by atoms with Crippen LogP contribution in [0.2, 0.25) is 5.02 Å². The highest BCUT2D eigenvalue weighted by atomic mass is 35.5. The molecule has 1 aromatic heterocycles. The summed E-state index contributed by atoms with van der Waals surface area (Å²) in [5.74, 6) is 1.71. The summed E-state index contributed by atoms with van der Waals surface area (Å²) < 4.78 is 9.12. The Morgan fingerprint density at radius 1 is 0.420 bits per heavy atom. The highest BCUT2D eigenvalue weighted by Crippen LogP contribution is 2.37. The fraction of sp³-hybridized carbons (Fsp3) is 0. The van der Waals surface area contributed by atoms with E-state index < -0.39 is 8.07 Å². The summed E-state index contributed by atoms with van der Waals surface area (Å²) in [5.41, 5.74) is 5.97. The quantitative estimate of drug-likeness (QED) is 0.170. The molecule has 4 heteroatoms. The molecule has 0 aliphatic carbocycles. The van der Waals surface area contributed by atoms with Crippen molar-refractivity contribution in [1.29, 1.82) is 0 Å². The third-order valence-electron chi connectivity index (χ3n) is 10.4. The number of hydrogen-bond donors (Lipinski definition) is 0. The number of rotatable bonds is 4. The molecule has 1 unspecified atom stereocenters. The third-order valence-corrected chi connectivity index (χ3v) is 15.5. The van der Waals surface area contributed by atoms with Gasteiger partial charge in [-0.1, -0.05) is 157 Å². The Balaban J connectivity index is 1.32. The molecule has 1 aliphatic heterocycles. The van der Waals surface area contributed by atoms with Crippen LogP contribution in [0.4, 0.5) is 0 Å². The molecule has 0 N–H and O–H groups in total. The monoisotopic (exact) mass is 675 g/mol. The Hall–Kier alpha value is -5.87. The fourth-order valence-electron chi connectivity index (χ4n) is 8.31. The Morgan fingerprint density at radius 2 is 0.980 bits per heavy atom. The van der Waals surface area contributed by atoms with Crippen LogP contribution >= 0.6 is 11.6 Å². The van der Waals surface area contributed by atoms with Crippen molar-refractivity contribution in [3.63, 3.8) is 0 Å². The number of ether oxygens (including phenoxy) is 1. The van der Waals surface area contributed by atoms with E-state index in [1.165, 1.54) is 70.1 Å². The highest BCUT2D eigenvalue weighted by molar-refractivity contribution is 7.21. The van der Waals surface area contributed by atoms with Gasteiger partial charge >= 0.3 is 0 Å². The Labute approximate surface area is 296 Å². The zero-order valence-electron chi connectivity index (χ0n) is 27.1. The first-order valence-electron chi connectivity index (χ1n) is 17.0. The van der Waals surface area contributed by atoms with E-state index in [-0.39, 0.29) is 0 Å². The van der Waals surface area contributed by atoms with Crippen LogP contribution in [0.15, 0.2) is 182 Å². The lowest BCUT2D eigenvalue weighted by Gasteiger charge is -2.40. The standard InChI is InChI=1S/C46H30ClNOSi/c47-33-24-28-46-43(30-33)49-42-20-10-11-21-45(42)50(46,34-25-22-32(23-26-34)31-12-2-1-3-13-31)44-29-27-41(37-16-4-5-17-38(37)44)48-39-18-8-6-14-35(39)36-15-7-9-19-40(36)48/h1-30H. The molecule has 0 spiro atoms. The van der Waals surface area contributed by atoms with Crippen molar-refractivity contribution in [3.8, 4) is 28.3 Å². The summed E-state index contributed by atoms with van der Waals surface area (Å²) in [4.78, 5) is 0. The molecule has 0 fully saturated rings. The number of para-hydroxylation sites is 3. The van der Waals surface area contributed by atoms with Gasteiger partial charge in [0.05, 0.1) is 16.7 Å². The maximum atomic E-state index is 6.69. The van der Waals surface area contributed by atoms with E-state index in [9.17, 15) is 0 Å². The largest absolute Gasteiger partial charge is 0.457 e. The molecule has 0 bridgehead atoms. The van der Waals surface area contributed by atoms with E-state index in [1.54, 1.807) is 0 Å². The Bertz CT molecular complexity index is 2700. The van der Waals surface area contributed by atoms with Crippen molar-refractivity contribution in [2.24, 2.45) is 0 Å². The van der Waals surface area contributed by atoms with Crippen molar-refractivity contribution in [1.82, 2.24) is 4.57 Å². The lowest BCUT2D eigenvalue weighted by Crippen LogP contribution is -2.76. The molecule has 0 amide bonds. The van der Waals surface area contributed by atoms with Crippen molar-refractivity contribution in [2.75, 3.05) is 0 Å². The summed E-state index contributed by atoms with van der Waals surface area (Å²) in [6.07, 6.45) is 0. The molecule has 236 valence electrons. The molecule has 50 heavy (non-hydrogen) atoms. The van der Waals surface area contributed by atoms with Crippen LogP contribution in [-0.4, -0.2) is 12.6 Å². The summed E-state index contributed by atoms with van der Waals surface area (Å²) in [6.45, 7) is 0. The number of hydrogen-bond acceptors (Lipinski definition) is 1. The minimum Gasteiger partial charge on any atom is -0.457 e. The molecule has 0 saturated heterocycles. The van der Waals surface area contributed by atoms with Crippen molar-refractivity contribution >= 4 is 73.0 Å². The van der Waals surface area contributed by atoms with Crippen molar-refractivity contribution in [2.45, 2.75) is 0 Å². The number of benzene rings is 8. The molecule has 2 nitrogen and oxygen atoms in total. The van der Waals surface area contributed by atoms with Gasteiger partial charge in [0.25, 0.3) is 0 Å². The Kier molecular flexibility index (Phi) is 6.60. The Morgan fingerprint density at radius 3 is 1.72 bits per heavy atom. The van der Waals surface area contributed by atoms with E-state index in [1.807, 2.05) is 12.1 Å².